The van der Waals surface area contributed by atoms with Crippen molar-refractivity contribution >= 4 is 11.6 Å². The summed E-state index contributed by atoms with van der Waals surface area (Å²) >= 11 is 6.12. The minimum Gasteiger partial charge on any atom is -0.271 e. The van der Waals surface area contributed by atoms with Crippen molar-refractivity contribution in [2.75, 3.05) is 0 Å². The van der Waals surface area contributed by atoms with E-state index in [1.807, 2.05) is 12.1 Å². The molecule has 0 aliphatic heterocycles. The molecule has 0 heterocycles. The van der Waals surface area contributed by atoms with Gasteiger partial charge in [0.15, 0.2) is 0 Å². The number of aryl methyl sites for hydroxylation is 1. The zero-order chi connectivity index (χ0) is 12.3. The molecule has 0 radical (unpaired) electrons. The molecule has 94 valence electrons. The monoisotopic (exact) mass is 252 g/mol. The Morgan fingerprint density at radius 3 is 2.53 bits per heavy atom. The fourth-order valence-electron chi connectivity index (χ4n) is 2.92. The standard InChI is InChI=1S/C14H21ClN2/c1-10-7-12(9-13(15)8-10)14(17-16)11-5-3-2-4-6-11/h7-9,11,14,17H,2-6,16H2,1H3. The third kappa shape index (κ3) is 3.21. The van der Waals surface area contributed by atoms with Gasteiger partial charge in [-0.1, -0.05) is 36.9 Å². The summed E-state index contributed by atoms with van der Waals surface area (Å²) in [6.45, 7) is 2.07. The van der Waals surface area contributed by atoms with Crippen LogP contribution in [0.25, 0.3) is 0 Å². The fourth-order valence-corrected chi connectivity index (χ4v) is 3.21. The quantitative estimate of drug-likeness (QED) is 0.635. The molecule has 0 saturated heterocycles. The van der Waals surface area contributed by atoms with Gasteiger partial charge in [0.1, 0.15) is 0 Å². The van der Waals surface area contributed by atoms with Gasteiger partial charge in [0, 0.05) is 11.1 Å². The van der Waals surface area contributed by atoms with Crippen molar-refractivity contribution in [3.05, 3.63) is 34.3 Å². The first-order chi connectivity index (χ1) is 8.20. The average molecular weight is 253 g/mol. The predicted octanol–water partition coefficient (Wildman–Crippen LogP) is 3.73. The molecule has 1 aromatic rings. The van der Waals surface area contributed by atoms with Crippen molar-refractivity contribution in [1.82, 2.24) is 5.43 Å². The van der Waals surface area contributed by atoms with Crippen LogP contribution in [0.5, 0.6) is 0 Å². The first-order valence-corrected chi connectivity index (χ1v) is 6.81. The van der Waals surface area contributed by atoms with E-state index < -0.39 is 0 Å². The van der Waals surface area contributed by atoms with Gasteiger partial charge in [-0.3, -0.25) is 11.3 Å². The van der Waals surface area contributed by atoms with Gasteiger partial charge in [0.05, 0.1) is 0 Å². The van der Waals surface area contributed by atoms with Crippen molar-refractivity contribution in [2.45, 2.75) is 45.1 Å². The summed E-state index contributed by atoms with van der Waals surface area (Å²) in [5.41, 5.74) is 5.41. The van der Waals surface area contributed by atoms with E-state index in [1.54, 1.807) is 0 Å². The fraction of sp³-hybridized carbons (Fsp3) is 0.571. The van der Waals surface area contributed by atoms with Crippen LogP contribution < -0.4 is 11.3 Å². The number of hydrogen-bond donors (Lipinski definition) is 2. The molecule has 1 aliphatic rings. The first kappa shape index (κ1) is 12.9. The summed E-state index contributed by atoms with van der Waals surface area (Å²) in [4.78, 5) is 0. The second-order valence-electron chi connectivity index (χ2n) is 5.10. The van der Waals surface area contributed by atoms with Gasteiger partial charge >= 0.3 is 0 Å². The van der Waals surface area contributed by atoms with Gasteiger partial charge < -0.3 is 0 Å². The molecule has 0 amide bonds. The summed E-state index contributed by atoms with van der Waals surface area (Å²) in [5.74, 6) is 6.39. The second-order valence-corrected chi connectivity index (χ2v) is 5.54. The molecule has 2 nitrogen and oxygen atoms in total. The smallest absolute Gasteiger partial charge is 0.0488 e. The Morgan fingerprint density at radius 2 is 1.94 bits per heavy atom. The topological polar surface area (TPSA) is 38.0 Å². The van der Waals surface area contributed by atoms with E-state index >= 15 is 0 Å². The SMILES string of the molecule is Cc1cc(Cl)cc(C(NN)C2CCCCC2)c1. The van der Waals surface area contributed by atoms with Gasteiger partial charge in [0.25, 0.3) is 0 Å². The molecule has 0 spiro atoms. The number of benzene rings is 1. The normalized spacial score (nSPS) is 19.2. The van der Waals surface area contributed by atoms with Crippen LogP contribution in [0, 0.1) is 12.8 Å². The van der Waals surface area contributed by atoms with Crippen LogP contribution in [-0.4, -0.2) is 0 Å². The molecule has 1 unspecified atom stereocenters. The molecule has 1 aliphatic carbocycles. The second kappa shape index (κ2) is 5.85. The van der Waals surface area contributed by atoms with Gasteiger partial charge in [-0.15, -0.1) is 0 Å². The summed E-state index contributed by atoms with van der Waals surface area (Å²) < 4.78 is 0. The molecule has 2 rings (SSSR count). The lowest BCUT2D eigenvalue weighted by Crippen LogP contribution is -2.34. The Morgan fingerprint density at radius 1 is 1.24 bits per heavy atom. The van der Waals surface area contributed by atoms with E-state index in [0.29, 0.717) is 5.92 Å². The van der Waals surface area contributed by atoms with E-state index in [0.717, 1.165) is 5.02 Å². The number of hydrazine groups is 1. The predicted molar refractivity (Wildman–Crippen MR) is 72.8 cm³/mol. The van der Waals surface area contributed by atoms with Crippen molar-refractivity contribution in [1.29, 1.82) is 0 Å². The third-order valence-corrected chi connectivity index (χ3v) is 3.94. The van der Waals surface area contributed by atoms with Crippen LogP contribution in [0.15, 0.2) is 18.2 Å². The largest absolute Gasteiger partial charge is 0.271 e. The van der Waals surface area contributed by atoms with Crippen molar-refractivity contribution < 1.29 is 0 Å². The number of nitrogens with two attached hydrogens (primary N) is 1. The van der Waals surface area contributed by atoms with Crippen molar-refractivity contribution in [3.63, 3.8) is 0 Å². The zero-order valence-electron chi connectivity index (χ0n) is 10.4. The maximum absolute atomic E-state index is 6.12. The van der Waals surface area contributed by atoms with Crippen LogP contribution in [0.3, 0.4) is 0 Å². The molecule has 1 aromatic carbocycles. The van der Waals surface area contributed by atoms with Crippen LogP contribution >= 0.6 is 11.6 Å². The molecular formula is C14H21ClN2. The highest BCUT2D eigenvalue weighted by molar-refractivity contribution is 6.30. The Bertz CT molecular complexity index is 352. The zero-order valence-corrected chi connectivity index (χ0v) is 11.1. The Balaban J connectivity index is 2.21. The van der Waals surface area contributed by atoms with Crippen LogP contribution in [-0.2, 0) is 0 Å². The summed E-state index contributed by atoms with van der Waals surface area (Å²) in [7, 11) is 0. The first-order valence-electron chi connectivity index (χ1n) is 6.44. The summed E-state index contributed by atoms with van der Waals surface area (Å²) in [6, 6.07) is 6.45. The maximum Gasteiger partial charge on any atom is 0.0488 e. The van der Waals surface area contributed by atoms with E-state index in [2.05, 4.69) is 18.4 Å². The molecule has 0 aromatic heterocycles. The van der Waals surface area contributed by atoms with Gasteiger partial charge in [-0.25, -0.2) is 0 Å². The Kier molecular flexibility index (Phi) is 4.43. The molecule has 17 heavy (non-hydrogen) atoms. The maximum atomic E-state index is 6.12. The molecular weight excluding hydrogens is 232 g/mol. The summed E-state index contributed by atoms with van der Waals surface area (Å²) in [6.07, 6.45) is 6.54. The molecule has 3 heteroatoms. The molecule has 1 atom stereocenters. The molecule has 3 N–H and O–H groups in total. The van der Waals surface area contributed by atoms with Crippen LogP contribution in [0.4, 0.5) is 0 Å². The van der Waals surface area contributed by atoms with Crippen LogP contribution in [0.1, 0.15) is 49.3 Å². The Labute approximate surface area is 109 Å². The summed E-state index contributed by atoms with van der Waals surface area (Å²) in [5, 5.41) is 0.802. The highest BCUT2D eigenvalue weighted by Gasteiger charge is 2.24. The van der Waals surface area contributed by atoms with E-state index in [-0.39, 0.29) is 6.04 Å². The average Bonchev–Trinajstić information content (AvgIpc) is 2.30. The molecule has 1 fully saturated rings. The highest BCUT2D eigenvalue weighted by Crippen LogP contribution is 2.35. The van der Waals surface area contributed by atoms with E-state index in [4.69, 9.17) is 17.4 Å². The Hall–Kier alpha value is -0.570. The number of halogens is 1. The number of rotatable bonds is 3. The van der Waals surface area contributed by atoms with E-state index in [1.165, 1.54) is 43.2 Å². The lowest BCUT2D eigenvalue weighted by molar-refractivity contribution is 0.273. The van der Waals surface area contributed by atoms with Gasteiger partial charge in [-0.2, -0.15) is 0 Å². The minimum atomic E-state index is 0.243. The van der Waals surface area contributed by atoms with Gasteiger partial charge in [0.2, 0.25) is 0 Å². The van der Waals surface area contributed by atoms with Crippen molar-refractivity contribution in [2.24, 2.45) is 11.8 Å². The van der Waals surface area contributed by atoms with Crippen LogP contribution in [0.2, 0.25) is 5.02 Å². The highest BCUT2D eigenvalue weighted by atomic mass is 35.5. The minimum absolute atomic E-state index is 0.243. The molecule has 0 bridgehead atoms. The van der Waals surface area contributed by atoms with Crippen molar-refractivity contribution in [3.8, 4) is 0 Å². The molecule has 1 saturated carbocycles. The lowest BCUT2D eigenvalue weighted by atomic mass is 9.81. The third-order valence-electron chi connectivity index (χ3n) is 3.72. The lowest BCUT2D eigenvalue weighted by Gasteiger charge is -2.30. The number of nitrogens with one attached hydrogen (secondary N) is 1. The van der Waals surface area contributed by atoms with E-state index in [9.17, 15) is 0 Å². The van der Waals surface area contributed by atoms with Gasteiger partial charge in [-0.05, 0) is 48.9 Å². The number of hydrogen-bond acceptors (Lipinski definition) is 2.